The van der Waals surface area contributed by atoms with Gasteiger partial charge in [-0.15, -0.1) is 10.2 Å². The molecule has 0 spiro atoms. The molecule has 0 unspecified atom stereocenters. The van der Waals surface area contributed by atoms with E-state index in [1.807, 2.05) is 41.8 Å². The lowest BCUT2D eigenvalue weighted by Crippen LogP contribution is -2.15. The number of furan rings is 1. The number of aryl methyl sites for hydroxylation is 2. The minimum Gasteiger partial charge on any atom is -0.467 e. The van der Waals surface area contributed by atoms with Gasteiger partial charge >= 0.3 is 0 Å². The van der Waals surface area contributed by atoms with E-state index < -0.39 is 0 Å². The highest BCUT2D eigenvalue weighted by molar-refractivity contribution is 7.99. The summed E-state index contributed by atoms with van der Waals surface area (Å²) in [6.45, 7) is 4.26. The van der Waals surface area contributed by atoms with Crippen LogP contribution in [-0.4, -0.2) is 31.6 Å². The summed E-state index contributed by atoms with van der Waals surface area (Å²) in [6, 6.07) is 13.5. The van der Waals surface area contributed by atoms with Gasteiger partial charge in [-0.05, 0) is 32.0 Å². The Labute approximate surface area is 171 Å². The first-order valence-corrected chi connectivity index (χ1v) is 9.95. The maximum atomic E-state index is 12.3. The molecule has 0 saturated carbocycles. The molecule has 9 heteroatoms. The van der Waals surface area contributed by atoms with Gasteiger partial charge in [0.15, 0.2) is 16.8 Å². The smallest absolute Gasteiger partial charge is 0.236 e. The number of carbonyl (C=O) groups is 1. The number of aromatic nitrogens is 4. The molecule has 3 heterocycles. The van der Waals surface area contributed by atoms with Gasteiger partial charge in [-0.1, -0.05) is 40.7 Å². The van der Waals surface area contributed by atoms with E-state index in [4.69, 9.17) is 8.94 Å². The van der Waals surface area contributed by atoms with E-state index in [0.717, 1.165) is 22.7 Å². The summed E-state index contributed by atoms with van der Waals surface area (Å²) >= 11 is 1.30. The Hall–Kier alpha value is -3.33. The van der Waals surface area contributed by atoms with Crippen LogP contribution < -0.4 is 5.32 Å². The third-order valence-corrected chi connectivity index (χ3v) is 5.08. The lowest BCUT2D eigenvalue weighted by atomic mass is 10.1. The Kier molecular flexibility index (Phi) is 5.48. The maximum Gasteiger partial charge on any atom is 0.236 e. The summed E-state index contributed by atoms with van der Waals surface area (Å²) in [5.74, 6) is 2.49. The van der Waals surface area contributed by atoms with E-state index >= 15 is 0 Å². The number of carbonyl (C=O) groups excluding carboxylic acids is 1. The highest BCUT2D eigenvalue weighted by Crippen LogP contribution is 2.26. The van der Waals surface area contributed by atoms with Crippen LogP contribution in [0.1, 0.15) is 17.1 Å². The molecule has 148 valence electrons. The van der Waals surface area contributed by atoms with Crippen LogP contribution in [0, 0.1) is 13.8 Å². The largest absolute Gasteiger partial charge is 0.467 e. The number of rotatable bonds is 7. The fourth-order valence-electron chi connectivity index (χ4n) is 2.83. The van der Waals surface area contributed by atoms with Gasteiger partial charge in [-0.3, -0.25) is 9.36 Å². The van der Waals surface area contributed by atoms with E-state index in [0.29, 0.717) is 23.3 Å². The third kappa shape index (κ3) is 4.57. The van der Waals surface area contributed by atoms with E-state index in [2.05, 4.69) is 26.7 Å². The van der Waals surface area contributed by atoms with Crippen LogP contribution in [0.2, 0.25) is 0 Å². The number of anilines is 1. The summed E-state index contributed by atoms with van der Waals surface area (Å²) < 4.78 is 12.4. The van der Waals surface area contributed by atoms with Crippen LogP contribution in [0.15, 0.2) is 62.8 Å². The number of thioether (sulfide) groups is 1. The lowest BCUT2D eigenvalue weighted by molar-refractivity contribution is -0.113. The molecule has 29 heavy (non-hydrogen) atoms. The van der Waals surface area contributed by atoms with Crippen molar-refractivity contribution in [3.05, 3.63) is 65.8 Å². The van der Waals surface area contributed by atoms with Gasteiger partial charge < -0.3 is 14.3 Å². The van der Waals surface area contributed by atoms with Crippen LogP contribution in [0.25, 0.3) is 11.4 Å². The molecular formula is C20H19N5O3S. The number of hydrogen-bond donors (Lipinski definition) is 1. The second kappa shape index (κ2) is 8.36. The Morgan fingerprint density at radius 1 is 1.17 bits per heavy atom. The van der Waals surface area contributed by atoms with Crippen molar-refractivity contribution in [1.82, 2.24) is 19.9 Å². The Morgan fingerprint density at radius 2 is 2.07 bits per heavy atom. The molecule has 4 rings (SSSR count). The number of nitrogens with zero attached hydrogens (tertiary/aromatic N) is 4. The summed E-state index contributed by atoms with van der Waals surface area (Å²) in [7, 11) is 0. The summed E-state index contributed by atoms with van der Waals surface area (Å²) in [4.78, 5) is 12.3. The van der Waals surface area contributed by atoms with Crippen LogP contribution in [0.3, 0.4) is 0 Å². The lowest BCUT2D eigenvalue weighted by Gasteiger charge is -2.09. The third-order valence-electron chi connectivity index (χ3n) is 4.11. The minimum atomic E-state index is -0.201. The van der Waals surface area contributed by atoms with Crippen molar-refractivity contribution in [3.63, 3.8) is 0 Å². The molecule has 0 aliphatic rings. The van der Waals surface area contributed by atoms with E-state index in [1.165, 1.54) is 11.8 Å². The topological polar surface area (TPSA) is 99.0 Å². The first-order valence-electron chi connectivity index (χ1n) is 8.97. The van der Waals surface area contributed by atoms with Crippen molar-refractivity contribution in [3.8, 4) is 11.4 Å². The first-order chi connectivity index (χ1) is 14.1. The molecule has 1 aromatic carbocycles. The fraction of sp³-hybridized carbons (Fsp3) is 0.200. The van der Waals surface area contributed by atoms with Crippen LogP contribution >= 0.6 is 11.8 Å². The number of benzene rings is 1. The van der Waals surface area contributed by atoms with Crippen molar-refractivity contribution in [2.24, 2.45) is 0 Å². The Balaban J connectivity index is 1.55. The number of nitrogens with one attached hydrogen (secondary N) is 1. The zero-order chi connectivity index (χ0) is 20.2. The van der Waals surface area contributed by atoms with Crippen LogP contribution in [0.5, 0.6) is 0 Å². The molecule has 0 fully saturated rings. The predicted octanol–water partition coefficient (Wildman–Crippen LogP) is 3.92. The molecule has 1 amide bonds. The minimum absolute atomic E-state index is 0.163. The molecule has 0 radical (unpaired) electrons. The average Bonchev–Trinajstić information content (AvgIpc) is 3.43. The molecule has 8 nitrogen and oxygen atoms in total. The molecular weight excluding hydrogens is 390 g/mol. The predicted molar refractivity (Wildman–Crippen MR) is 109 cm³/mol. The van der Waals surface area contributed by atoms with Crippen molar-refractivity contribution in [2.75, 3.05) is 11.1 Å². The quantitative estimate of drug-likeness (QED) is 0.462. The molecule has 4 aromatic rings. The molecule has 0 saturated heterocycles. The SMILES string of the molecule is Cc1cccc(-c2nnc(SCC(=O)Nc3cc(C)on3)n2Cc2ccco2)c1. The van der Waals surface area contributed by atoms with Gasteiger partial charge in [0, 0.05) is 11.6 Å². The van der Waals surface area contributed by atoms with Gasteiger partial charge in [0.05, 0.1) is 18.6 Å². The van der Waals surface area contributed by atoms with Gasteiger partial charge in [0.2, 0.25) is 5.91 Å². The zero-order valence-corrected chi connectivity index (χ0v) is 16.8. The number of hydrogen-bond acceptors (Lipinski definition) is 7. The monoisotopic (exact) mass is 409 g/mol. The normalized spacial score (nSPS) is 11.0. The fourth-order valence-corrected chi connectivity index (χ4v) is 3.57. The molecule has 0 atom stereocenters. The van der Waals surface area contributed by atoms with E-state index in [1.54, 1.807) is 19.3 Å². The molecule has 0 bridgehead atoms. The Morgan fingerprint density at radius 3 is 2.79 bits per heavy atom. The summed E-state index contributed by atoms with van der Waals surface area (Å²) in [5, 5.41) is 15.8. The zero-order valence-electron chi connectivity index (χ0n) is 16.0. The molecule has 0 aliphatic heterocycles. The molecule has 3 aromatic heterocycles. The van der Waals surface area contributed by atoms with Crippen LogP contribution in [0.4, 0.5) is 5.82 Å². The molecule has 0 aliphatic carbocycles. The van der Waals surface area contributed by atoms with Crippen LogP contribution in [-0.2, 0) is 11.3 Å². The van der Waals surface area contributed by atoms with Crippen molar-refractivity contribution in [2.45, 2.75) is 25.5 Å². The average molecular weight is 409 g/mol. The highest BCUT2D eigenvalue weighted by atomic mass is 32.2. The summed E-state index contributed by atoms with van der Waals surface area (Å²) in [6.07, 6.45) is 1.63. The van der Waals surface area contributed by atoms with Gasteiger partial charge in [-0.25, -0.2) is 0 Å². The second-order valence-corrected chi connectivity index (χ2v) is 7.44. The van der Waals surface area contributed by atoms with Crippen molar-refractivity contribution < 1.29 is 13.7 Å². The van der Waals surface area contributed by atoms with Crippen molar-refractivity contribution in [1.29, 1.82) is 0 Å². The van der Waals surface area contributed by atoms with Gasteiger partial charge in [0.1, 0.15) is 11.5 Å². The van der Waals surface area contributed by atoms with Crippen molar-refractivity contribution >= 4 is 23.5 Å². The van der Waals surface area contributed by atoms with E-state index in [9.17, 15) is 4.79 Å². The van der Waals surface area contributed by atoms with E-state index in [-0.39, 0.29) is 11.7 Å². The van der Waals surface area contributed by atoms with Gasteiger partial charge in [-0.2, -0.15) is 0 Å². The number of amides is 1. The first kappa shape index (κ1) is 19.0. The second-order valence-electron chi connectivity index (χ2n) is 6.50. The highest BCUT2D eigenvalue weighted by Gasteiger charge is 2.17. The molecule has 1 N–H and O–H groups in total. The standard InChI is InChI=1S/C20H19N5O3S/c1-13-5-3-6-15(9-13)19-22-23-20(25(19)11-16-7-4-8-27-16)29-12-18(26)21-17-10-14(2)28-24-17/h3-10H,11-12H2,1-2H3,(H,21,24,26). The maximum absolute atomic E-state index is 12.3. The summed E-state index contributed by atoms with van der Waals surface area (Å²) in [5.41, 5.74) is 2.09. The Bertz CT molecular complexity index is 1120. The van der Waals surface area contributed by atoms with Gasteiger partial charge in [0.25, 0.3) is 0 Å².